The number of rotatable bonds is 6. The number of benzene rings is 2. The second-order valence-corrected chi connectivity index (χ2v) is 4.61. The zero-order chi connectivity index (χ0) is 15.1. The van der Waals surface area contributed by atoms with Gasteiger partial charge in [-0.05, 0) is 30.2 Å². The van der Waals surface area contributed by atoms with Crippen molar-refractivity contribution in [2.24, 2.45) is 0 Å². The fraction of sp³-hybridized carbons (Fsp3) is 0.167. The zero-order valence-corrected chi connectivity index (χ0v) is 12.0. The Labute approximate surface area is 124 Å². The first-order valence-corrected chi connectivity index (χ1v) is 6.78. The number of hydrogen-bond donors (Lipinski definition) is 0. The molecule has 3 heteroatoms. The van der Waals surface area contributed by atoms with Gasteiger partial charge in [0.15, 0.2) is 0 Å². The highest BCUT2D eigenvalue weighted by atomic mass is 16.6. The number of carbonyl (C=O) groups excluding carboxylic acids is 1. The Morgan fingerprint density at radius 2 is 1.57 bits per heavy atom. The molecule has 0 radical (unpaired) electrons. The number of esters is 1. The van der Waals surface area contributed by atoms with Crippen LogP contribution in [0.5, 0.6) is 5.75 Å². The fourth-order valence-corrected chi connectivity index (χ4v) is 1.85. The standard InChI is InChI=1S/C18H18O3/c1-3-18(19)21-13-12-20-17-10-8-16(9-11-17)15-6-4-14(2)5-7-15/h3-11H,1,12-13H2,2H3. The largest absolute Gasteiger partial charge is 0.490 e. The summed E-state index contributed by atoms with van der Waals surface area (Å²) in [6.07, 6.45) is 1.14. The molecule has 21 heavy (non-hydrogen) atoms. The van der Waals surface area contributed by atoms with Crippen molar-refractivity contribution in [1.29, 1.82) is 0 Å². The van der Waals surface area contributed by atoms with Gasteiger partial charge >= 0.3 is 5.97 Å². The molecule has 0 aliphatic rings. The van der Waals surface area contributed by atoms with Crippen molar-refractivity contribution in [3.05, 3.63) is 66.7 Å². The molecule has 0 aromatic heterocycles. The molecule has 0 aliphatic heterocycles. The van der Waals surface area contributed by atoms with Gasteiger partial charge < -0.3 is 9.47 Å². The van der Waals surface area contributed by atoms with Crippen LogP contribution < -0.4 is 4.74 Å². The van der Waals surface area contributed by atoms with Crippen molar-refractivity contribution < 1.29 is 14.3 Å². The molecule has 0 fully saturated rings. The Bertz CT molecular complexity index is 597. The average molecular weight is 282 g/mol. The maximum atomic E-state index is 10.9. The molecule has 0 saturated heterocycles. The summed E-state index contributed by atoms with van der Waals surface area (Å²) in [5.74, 6) is 0.314. The molecule has 3 nitrogen and oxygen atoms in total. The molecule has 0 amide bonds. The van der Waals surface area contributed by atoms with E-state index in [2.05, 4.69) is 37.8 Å². The quantitative estimate of drug-likeness (QED) is 0.459. The molecule has 0 atom stereocenters. The lowest BCUT2D eigenvalue weighted by Crippen LogP contribution is -2.10. The van der Waals surface area contributed by atoms with E-state index >= 15 is 0 Å². The second-order valence-electron chi connectivity index (χ2n) is 4.61. The Balaban J connectivity index is 1.88. The van der Waals surface area contributed by atoms with E-state index in [4.69, 9.17) is 9.47 Å². The highest BCUT2D eigenvalue weighted by molar-refractivity contribution is 5.81. The van der Waals surface area contributed by atoms with Gasteiger partial charge in [0, 0.05) is 6.08 Å². The molecule has 0 heterocycles. The molecule has 2 rings (SSSR count). The monoisotopic (exact) mass is 282 g/mol. The third kappa shape index (κ3) is 4.49. The Kier molecular flexibility index (Phi) is 5.16. The summed E-state index contributed by atoms with van der Waals surface area (Å²) in [6.45, 7) is 5.93. The Morgan fingerprint density at radius 1 is 1.00 bits per heavy atom. The van der Waals surface area contributed by atoms with Crippen molar-refractivity contribution in [3.8, 4) is 16.9 Å². The summed E-state index contributed by atoms with van der Waals surface area (Å²) in [5, 5.41) is 0. The van der Waals surface area contributed by atoms with Crippen LogP contribution >= 0.6 is 0 Å². The van der Waals surface area contributed by atoms with Gasteiger partial charge in [-0.15, -0.1) is 0 Å². The van der Waals surface area contributed by atoms with Crippen molar-refractivity contribution in [2.45, 2.75) is 6.92 Å². The van der Waals surface area contributed by atoms with E-state index in [1.54, 1.807) is 0 Å². The molecule has 2 aromatic rings. The van der Waals surface area contributed by atoms with E-state index in [1.165, 1.54) is 11.1 Å². The van der Waals surface area contributed by atoms with Gasteiger partial charge in [0.1, 0.15) is 19.0 Å². The van der Waals surface area contributed by atoms with E-state index in [0.717, 1.165) is 17.4 Å². The number of hydrogen-bond acceptors (Lipinski definition) is 3. The first-order valence-electron chi connectivity index (χ1n) is 6.78. The third-order valence-corrected chi connectivity index (χ3v) is 3.00. The molecule has 2 aromatic carbocycles. The first kappa shape index (κ1) is 14.9. The van der Waals surface area contributed by atoms with Crippen molar-refractivity contribution in [3.63, 3.8) is 0 Å². The summed E-state index contributed by atoms with van der Waals surface area (Å²) < 4.78 is 10.3. The van der Waals surface area contributed by atoms with Crippen molar-refractivity contribution >= 4 is 5.97 Å². The lowest BCUT2D eigenvalue weighted by Gasteiger charge is -2.08. The molecule has 0 unspecified atom stereocenters. The molecular weight excluding hydrogens is 264 g/mol. The summed E-state index contributed by atoms with van der Waals surface area (Å²) in [5.41, 5.74) is 3.56. The van der Waals surface area contributed by atoms with E-state index in [-0.39, 0.29) is 6.61 Å². The van der Waals surface area contributed by atoms with Gasteiger partial charge in [-0.1, -0.05) is 48.5 Å². The number of aryl methyl sites for hydroxylation is 1. The predicted molar refractivity (Wildman–Crippen MR) is 83.3 cm³/mol. The summed E-state index contributed by atoms with van der Waals surface area (Å²) >= 11 is 0. The maximum absolute atomic E-state index is 10.9. The van der Waals surface area contributed by atoms with Gasteiger partial charge in [-0.3, -0.25) is 0 Å². The Morgan fingerprint density at radius 3 is 2.14 bits per heavy atom. The minimum Gasteiger partial charge on any atom is -0.490 e. The van der Waals surface area contributed by atoms with Crippen LogP contribution in [0.3, 0.4) is 0 Å². The number of carbonyl (C=O) groups is 1. The van der Waals surface area contributed by atoms with E-state index in [1.807, 2.05) is 24.3 Å². The van der Waals surface area contributed by atoms with Gasteiger partial charge in [0.2, 0.25) is 0 Å². The smallest absolute Gasteiger partial charge is 0.330 e. The van der Waals surface area contributed by atoms with Crippen LogP contribution in [0.4, 0.5) is 0 Å². The highest BCUT2D eigenvalue weighted by Crippen LogP contribution is 2.22. The molecule has 0 aliphatic carbocycles. The summed E-state index contributed by atoms with van der Waals surface area (Å²) in [4.78, 5) is 10.9. The molecular formula is C18H18O3. The van der Waals surface area contributed by atoms with Crippen LogP contribution in [0.2, 0.25) is 0 Å². The Hall–Kier alpha value is -2.55. The van der Waals surface area contributed by atoms with Gasteiger partial charge in [-0.25, -0.2) is 4.79 Å². The topological polar surface area (TPSA) is 35.5 Å². The molecule has 0 N–H and O–H groups in total. The average Bonchev–Trinajstić information content (AvgIpc) is 2.52. The summed E-state index contributed by atoms with van der Waals surface area (Å²) in [7, 11) is 0. The van der Waals surface area contributed by atoms with Crippen LogP contribution in [0, 0.1) is 6.92 Å². The van der Waals surface area contributed by atoms with Crippen LogP contribution in [-0.2, 0) is 9.53 Å². The fourth-order valence-electron chi connectivity index (χ4n) is 1.85. The highest BCUT2D eigenvalue weighted by Gasteiger charge is 2.00. The van der Waals surface area contributed by atoms with Crippen LogP contribution in [0.25, 0.3) is 11.1 Å². The van der Waals surface area contributed by atoms with Crippen LogP contribution in [0.1, 0.15) is 5.56 Å². The van der Waals surface area contributed by atoms with Crippen LogP contribution in [0.15, 0.2) is 61.2 Å². The second kappa shape index (κ2) is 7.29. The van der Waals surface area contributed by atoms with Crippen molar-refractivity contribution in [2.75, 3.05) is 13.2 Å². The first-order chi connectivity index (χ1) is 10.2. The number of ether oxygens (including phenoxy) is 2. The van der Waals surface area contributed by atoms with E-state index in [9.17, 15) is 4.79 Å². The predicted octanol–water partition coefficient (Wildman–Crippen LogP) is 3.77. The third-order valence-electron chi connectivity index (χ3n) is 3.00. The minimum absolute atomic E-state index is 0.213. The summed E-state index contributed by atoms with van der Waals surface area (Å²) in [6, 6.07) is 16.2. The van der Waals surface area contributed by atoms with Gasteiger partial charge in [-0.2, -0.15) is 0 Å². The normalized spacial score (nSPS) is 9.95. The van der Waals surface area contributed by atoms with Gasteiger partial charge in [0.25, 0.3) is 0 Å². The molecule has 0 spiro atoms. The van der Waals surface area contributed by atoms with Crippen molar-refractivity contribution in [1.82, 2.24) is 0 Å². The zero-order valence-electron chi connectivity index (χ0n) is 12.0. The van der Waals surface area contributed by atoms with Crippen LogP contribution in [-0.4, -0.2) is 19.2 Å². The van der Waals surface area contributed by atoms with E-state index < -0.39 is 5.97 Å². The molecule has 0 bridgehead atoms. The van der Waals surface area contributed by atoms with Gasteiger partial charge in [0.05, 0.1) is 0 Å². The minimum atomic E-state index is -0.437. The van der Waals surface area contributed by atoms with E-state index in [0.29, 0.717) is 6.61 Å². The SMILES string of the molecule is C=CC(=O)OCCOc1ccc(-c2ccc(C)cc2)cc1. The lowest BCUT2D eigenvalue weighted by molar-refractivity contribution is -0.138. The molecule has 108 valence electrons. The lowest BCUT2D eigenvalue weighted by atomic mass is 10.0. The maximum Gasteiger partial charge on any atom is 0.330 e. The molecule has 0 saturated carbocycles.